The summed E-state index contributed by atoms with van der Waals surface area (Å²) in [7, 11) is -2.20. The number of benzene rings is 4. The van der Waals surface area contributed by atoms with E-state index in [1.54, 1.807) is 0 Å². The number of aryl methyl sites for hydroxylation is 1. The van der Waals surface area contributed by atoms with E-state index in [1.165, 1.54) is 27.0 Å². The Balaban J connectivity index is 2.02. The van der Waals surface area contributed by atoms with Crippen molar-refractivity contribution in [3.63, 3.8) is 0 Å². The first-order valence-electron chi connectivity index (χ1n) is 9.52. The van der Waals surface area contributed by atoms with Crippen molar-refractivity contribution in [3.05, 3.63) is 126 Å². The Morgan fingerprint density at radius 2 is 0.852 bits per heavy atom. The molecule has 4 rings (SSSR count). The fourth-order valence-corrected chi connectivity index (χ4v) is 8.93. The summed E-state index contributed by atoms with van der Waals surface area (Å²) in [6.07, 6.45) is 1.07. The van der Waals surface area contributed by atoms with Crippen molar-refractivity contribution in [1.29, 1.82) is 0 Å². The molecule has 0 aliphatic rings. The standard InChI is InChI=1S/C26H25P/c1-22-13-11-12-14-23(22)21-27(24-15-5-2-6-16-24,25-17-7-3-8-18-25)26-19-9-4-10-20-26/h2-20,27H,21H2,1H3. The predicted molar refractivity (Wildman–Crippen MR) is 121 cm³/mol. The molecule has 0 saturated heterocycles. The number of hydrogen-bond donors (Lipinski definition) is 0. The molecule has 0 fully saturated rings. The Morgan fingerprint density at radius 3 is 1.26 bits per heavy atom. The number of rotatable bonds is 5. The van der Waals surface area contributed by atoms with Crippen molar-refractivity contribution < 1.29 is 0 Å². The molecule has 27 heavy (non-hydrogen) atoms. The van der Waals surface area contributed by atoms with Gasteiger partial charge in [-0.25, -0.2) is 0 Å². The van der Waals surface area contributed by atoms with Crippen LogP contribution in [-0.2, 0) is 6.16 Å². The van der Waals surface area contributed by atoms with Crippen molar-refractivity contribution in [2.75, 3.05) is 0 Å². The molecule has 4 aromatic carbocycles. The molecule has 0 atom stereocenters. The first kappa shape index (κ1) is 17.7. The van der Waals surface area contributed by atoms with Crippen LogP contribution >= 0.6 is 7.26 Å². The molecule has 0 N–H and O–H groups in total. The minimum absolute atomic E-state index is 1.07. The summed E-state index contributed by atoms with van der Waals surface area (Å²) in [5.41, 5.74) is 2.82. The zero-order chi connectivity index (χ0) is 18.5. The molecule has 0 bridgehead atoms. The van der Waals surface area contributed by atoms with Gasteiger partial charge in [0.15, 0.2) is 0 Å². The summed E-state index contributed by atoms with van der Waals surface area (Å²) in [5, 5.41) is 4.39. The summed E-state index contributed by atoms with van der Waals surface area (Å²) in [5.74, 6) is 0. The molecular weight excluding hydrogens is 343 g/mol. The molecule has 0 saturated carbocycles. The first-order valence-corrected chi connectivity index (χ1v) is 11.7. The van der Waals surface area contributed by atoms with Crippen LogP contribution in [0.25, 0.3) is 0 Å². The Bertz CT molecular complexity index is 895. The second-order valence-electron chi connectivity index (χ2n) is 7.11. The quantitative estimate of drug-likeness (QED) is 0.424. The summed E-state index contributed by atoms with van der Waals surface area (Å²) in [4.78, 5) is 0. The Morgan fingerprint density at radius 1 is 0.481 bits per heavy atom. The Hall–Kier alpha value is -2.69. The van der Waals surface area contributed by atoms with Crippen molar-refractivity contribution in [1.82, 2.24) is 0 Å². The molecule has 134 valence electrons. The van der Waals surface area contributed by atoms with Gasteiger partial charge in [-0.2, -0.15) is 0 Å². The fraction of sp³-hybridized carbons (Fsp3) is 0.0769. The molecule has 0 unspecified atom stereocenters. The second kappa shape index (κ2) is 7.91. The number of hydrogen-bond acceptors (Lipinski definition) is 0. The van der Waals surface area contributed by atoms with Gasteiger partial charge in [-0.3, -0.25) is 0 Å². The van der Waals surface area contributed by atoms with E-state index in [4.69, 9.17) is 0 Å². The predicted octanol–water partition coefficient (Wildman–Crippen LogP) is 5.22. The average Bonchev–Trinajstić information content (AvgIpc) is 2.75. The average molecular weight is 368 g/mol. The van der Waals surface area contributed by atoms with Crippen molar-refractivity contribution >= 4 is 23.2 Å². The molecule has 0 radical (unpaired) electrons. The zero-order valence-electron chi connectivity index (χ0n) is 15.7. The van der Waals surface area contributed by atoms with Crippen LogP contribution < -0.4 is 15.9 Å². The van der Waals surface area contributed by atoms with E-state index in [9.17, 15) is 0 Å². The van der Waals surface area contributed by atoms with E-state index in [1.807, 2.05) is 0 Å². The van der Waals surface area contributed by atoms with E-state index in [0.29, 0.717) is 0 Å². The third-order valence-electron chi connectivity index (χ3n) is 5.52. The van der Waals surface area contributed by atoms with Crippen LogP contribution in [0.5, 0.6) is 0 Å². The van der Waals surface area contributed by atoms with Gasteiger partial charge >= 0.3 is 163 Å². The molecule has 0 aliphatic carbocycles. The molecule has 0 nitrogen and oxygen atoms in total. The van der Waals surface area contributed by atoms with E-state index in [0.717, 1.165) is 6.16 Å². The zero-order valence-corrected chi connectivity index (χ0v) is 16.7. The van der Waals surface area contributed by atoms with Crippen molar-refractivity contribution in [3.8, 4) is 0 Å². The normalized spacial score (nSPS) is 11.9. The van der Waals surface area contributed by atoms with Crippen LogP contribution in [0.2, 0.25) is 0 Å². The SMILES string of the molecule is Cc1ccccc1C[PH](c1ccccc1)(c1ccccc1)c1ccccc1. The maximum atomic E-state index is 2.32. The third kappa shape index (κ3) is 3.46. The van der Waals surface area contributed by atoms with Gasteiger partial charge in [0.1, 0.15) is 0 Å². The van der Waals surface area contributed by atoms with Gasteiger partial charge in [0.2, 0.25) is 0 Å². The van der Waals surface area contributed by atoms with E-state index >= 15 is 0 Å². The minimum atomic E-state index is -2.20. The van der Waals surface area contributed by atoms with Gasteiger partial charge in [-0.1, -0.05) is 0 Å². The first-order chi connectivity index (χ1) is 13.3. The second-order valence-corrected chi connectivity index (χ2v) is 11.0. The fourth-order valence-electron chi connectivity index (χ4n) is 4.07. The van der Waals surface area contributed by atoms with Crippen molar-refractivity contribution in [2.45, 2.75) is 13.1 Å². The summed E-state index contributed by atoms with van der Waals surface area (Å²) < 4.78 is 0. The van der Waals surface area contributed by atoms with Gasteiger partial charge < -0.3 is 0 Å². The molecule has 0 spiro atoms. The van der Waals surface area contributed by atoms with Gasteiger partial charge in [-0.15, -0.1) is 0 Å². The van der Waals surface area contributed by atoms with E-state index in [-0.39, 0.29) is 0 Å². The molecule has 0 amide bonds. The summed E-state index contributed by atoms with van der Waals surface area (Å²) in [6, 6.07) is 42.2. The summed E-state index contributed by atoms with van der Waals surface area (Å²) >= 11 is 0. The third-order valence-corrected chi connectivity index (χ3v) is 10.4. The topological polar surface area (TPSA) is 0 Å². The van der Waals surface area contributed by atoms with E-state index < -0.39 is 7.26 Å². The molecule has 0 aromatic heterocycles. The van der Waals surface area contributed by atoms with Gasteiger partial charge in [0, 0.05) is 0 Å². The monoisotopic (exact) mass is 368 g/mol. The molecular formula is C26H25P. The van der Waals surface area contributed by atoms with Crippen LogP contribution in [0, 0.1) is 6.92 Å². The Kier molecular flexibility index (Phi) is 5.19. The van der Waals surface area contributed by atoms with Crippen LogP contribution in [0.1, 0.15) is 11.1 Å². The van der Waals surface area contributed by atoms with E-state index in [2.05, 4.69) is 122 Å². The van der Waals surface area contributed by atoms with Crippen LogP contribution in [0.15, 0.2) is 115 Å². The van der Waals surface area contributed by atoms with Gasteiger partial charge in [0.05, 0.1) is 0 Å². The summed E-state index contributed by atoms with van der Waals surface area (Å²) in [6.45, 7) is 2.23. The molecule has 0 heterocycles. The van der Waals surface area contributed by atoms with Crippen LogP contribution in [-0.4, -0.2) is 0 Å². The van der Waals surface area contributed by atoms with Crippen LogP contribution in [0.3, 0.4) is 0 Å². The van der Waals surface area contributed by atoms with Gasteiger partial charge in [-0.05, 0) is 0 Å². The molecule has 4 aromatic rings. The maximum absolute atomic E-state index is 2.32. The molecule has 1 heteroatoms. The van der Waals surface area contributed by atoms with Gasteiger partial charge in [0.25, 0.3) is 0 Å². The van der Waals surface area contributed by atoms with Crippen LogP contribution in [0.4, 0.5) is 0 Å². The Labute approximate surface area is 162 Å². The molecule has 0 aliphatic heterocycles. The van der Waals surface area contributed by atoms with Crippen molar-refractivity contribution in [2.24, 2.45) is 0 Å².